The number of carbonyl (C=O) groups is 2. The normalized spacial score (nSPS) is 24.5. The molecule has 0 aliphatic heterocycles. The molecule has 0 aromatic heterocycles. The van der Waals surface area contributed by atoms with Crippen molar-refractivity contribution in [3.8, 4) is 0 Å². The maximum Gasteiger partial charge on any atom is 0.490 e. The van der Waals surface area contributed by atoms with Crippen LogP contribution in [0.5, 0.6) is 0 Å². The zero-order valence-corrected chi connectivity index (χ0v) is 7.49. The molecule has 0 spiro atoms. The molecule has 0 amide bonds. The molecule has 2 unspecified atom stereocenters. The fraction of sp³-hybridized carbons (Fsp3) is 0.714. The summed E-state index contributed by atoms with van der Waals surface area (Å²) in [4.78, 5) is 19.0. The van der Waals surface area contributed by atoms with Crippen molar-refractivity contribution >= 4 is 11.9 Å². The van der Waals surface area contributed by atoms with Crippen LogP contribution in [0.1, 0.15) is 12.8 Å². The number of carboxylic acids is 2. The van der Waals surface area contributed by atoms with Crippen molar-refractivity contribution in [1.29, 1.82) is 0 Å². The average Bonchev–Trinajstić information content (AvgIpc) is 1.99. The van der Waals surface area contributed by atoms with E-state index in [2.05, 4.69) is 0 Å². The highest BCUT2D eigenvalue weighted by Gasteiger charge is 2.38. The SMILES string of the molecule is NC1CCC1C(=O)O.O=C(O)C(F)(F)F. The van der Waals surface area contributed by atoms with Gasteiger partial charge in [0.1, 0.15) is 0 Å². The summed E-state index contributed by atoms with van der Waals surface area (Å²) in [5.41, 5.74) is 5.34. The second kappa shape index (κ2) is 4.96. The second-order valence-electron chi connectivity index (χ2n) is 2.99. The van der Waals surface area contributed by atoms with E-state index in [1.807, 2.05) is 0 Å². The quantitative estimate of drug-likeness (QED) is 0.605. The molecule has 1 aliphatic carbocycles. The Morgan fingerprint density at radius 1 is 1.20 bits per heavy atom. The van der Waals surface area contributed by atoms with Gasteiger partial charge in [0.15, 0.2) is 0 Å². The summed E-state index contributed by atoms with van der Waals surface area (Å²) >= 11 is 0. The molecule has 0 aromatic rings. The van der Waals surface area contributed by atoms with Crippen LogP contribution in [0.3, 0.4) is 0 Å². The maximum atomic E-state index is 10.6. The highest BCUT2D eigenvalue weighted by molar-refractivity contribution is 5.73. The van der Waals surface area contributed by atoms with Gasteiger partial charge in [-0.15, -0.1) is 0 Å². The molecule has 1 rings (SSSR count). The summed E-state index contributed by atoms with van der Waals surface area (Å²) in [5, 5.41) is 15.4. The molecule has 1 aliphatic rings. The molecule has 88 valence electrons. The van der Waals surface area contributed by atoms with Crippen molar-refractivity contribution in [2.75, 3.05) is 0 Å². The highest BCUT2D eigenvalue weighted by atomic mass is 19.4. The number of hydrogen-bond acceptors (Lipinski definition) is 3. The standard InChI is InChI=1S/C5H9NO2.C2HF3O2/c6-4-2-1-3(4)5(7)8;3-2(4,5)1(6)7/h3-4H,1-2,6H2,(H,7,8);(H,6,7). The summed E-state index contributed by atoms with van der Waals surface area (Å²) in [6.07, 6.45) is -3.45. The molecular formula is C7H10F3NO4. The highest BCUT2D eigenvalue weighted by Crippen LogP contribution is 2.24. The van der Waals surface area contributed by atoms with E-state index in [9.17, 15) is 18.0 Å². The van der Waals surface area contributed by atoms with Crippen molar-refractivity contribution in [3.63, 3.8) is 0 Å². The monoisotopic (exact) mass is 229 g/mol. The van der Waals surface area contributed by atoms with Crippen LogP contribution in [0, 0.1) is 5.92 Å². The smallest absolute Gasteiger partial charge is 0.481 e. The van der Waals surface area contributed by atoms with E-state index in [1.165, 1.54) is 0 Å². The predicted octanol–water partition coefficient (Wildman–Crippen LogP) is 0.442. The van der Waals surface area contributed by atoms with Gasteiger partial charge in [0.05, 0.1) is 5.92 Å². The second-order valence-corrected chi connectivity index (χ2v) is 2.99. The third-order valence-electron chi connectivity index (χ3n) is 1.89. The first kappa shape index (κ1) is 13.7. The largest absolute Gasteiger partial charge is 0.490 e. The van der Waals surface area contributed by atoms with Crippen molar-refractivity contribution in [1.82, 2.24) is 0 Å². The number of halogens is 3. The molecule has 1 saturated carbocycles. The van der Waals surface area contributed by atoms with Gasteiger partial charge in [-0.1, -0.05) is 0 Å². The number of nitrogens with two attached hydrogens (primary N) is 1. The van der Waals surface area contributed by atoms with Gasteiger partial charge in [-0.2, -0.15) is 13.2 Å². The first-order valence-electron chi connectivity index (χ1n) is 3.94. The molecule has 0 aromatic carbocycles. The van der Waals surface area contributed by atoms with E-state index >= 15 is 0 Å². The van der Waals surface area contributed by atoms with Crippen LogP contribution < -0.4 is 5.73 Å². The summed E-state index contributed by atoms with van der Waals surface area (Å²) in [6.45, 7) is 0. The zero-order chi connectivity index (χ0) is 12.2. The van der Waals surface area contributed by atoms with Crippen LogP contribution in [-0.2, 0) is 9.59 Å². The van der Waals surface area contributed by atoms with E-state index in [0.29, 0.717) is 0 Å². The lowest BCUT2D eigenvalue weighted by Gasteiger charge is -2.29. The Hall–Kier alpha value is -1.31. The lowest BCUT2D eigenvalue weighted by Crippen LogP contribution is -2.43. The van der Waals surface area contributed by atoms with Crippen molar-refractivity contribution in [2.24, 2.45) is 11.7 Å². The molecule has 0 bridgehead atoms. The molecule has 15 heavy (non-hydrogen) atoms. The fourth-order valence-corrected chi connectivity index (χ4v) is 0.832. The van der Waals surface area contributed by atoms with Crippen LogP contribution in [0.2, 0.25) is 0 Å². The van der Waals surface area contributed by atoms with Gasteiger partial charge in [0, 0.05) is 6.04 Å². The van der Waals surface area contributed by atoms with Gasteiger partial charge < -0.3 is 15.9 Å². The minimum absolute atomic E-state index is 0.0764. The molecule has 0 radical (unpaired) electrons. The summed E-state index contributed by atoms with van der Waals surface area (Å²) in [7, 11) is 0. The van der Waals surface area contributed by atoms with Crippen LogP contribution in [0.4, 0.5) is 13.2 Å². The Kier molecular flexibility index (Phi) is 4.53. The molecule has 0 saturated heterocycles. The van der Waals surface area contributed by atoms with Crippen molar-refractivity contribution in [3.05, 3.63) is 0 Å². The van der Waals surface area contributed by atoms with E-state index in [0.717, 1.165) is 12.8 Å². The van der Waals surface area contributed by atoms with E-state index in [1.54, 1.807) is 0 Å². The molecule has 2 atom stereocenters. The Balaban J connectivity index is 0.000000265. The first-order valence-corrected chi connectivity index (χ1v) is 3.94. The number of aliphatic carboxylic acids is 2. The van der Waals surface area contributed by atoms with Gasteiger partial charge in [-0.05, 0) is 12.8 Å². The maximum absolute atomic E-state index is 10.6. The number of carboxylic acid groups (broad SMARTS) is 2. The number of alkyl halides is 3. The van der Waals surface area contributed by atoms with Gasteiger partial charge in [-0.3, -0.25) is 4.79 Å². The molecular weight excluding hydrogens is 219 g/mol. The van der Waals surface area contributed by atoms with Gasteiger partial charge in [-0.25, -0.2) is 4.79 Å². The van der Waals surface area contributed by atoms with Gasteiger partial charge in [0.25, 0.3) is 0 Å². The van der Waals surface area contributed by atoms with E-state index in [4.69, 9.17) is 20.7 Å². The van der Waals surface area contributed by atoms with E-state index < -0.39 is 18.1 Å². The van der Waals surface area contributed by atoms with Crippen LogP contribution in [0.15, 0.2) is 0 Å². The summed E-state index contributed by atoms with van der Waals surface area (Å²) in [5.74, 6) is -3.76. The molecule has 0 heterocycles. The average molecular weight is 229 g/mol. The molecule has 4 N–H and O–H groups in total. The number of rotatable bonds is 1. The van der Waals surface area contributed by atoms with Crippen molar-refractivity contribution < 1.29 is 33.0 Å². The summed E-state index contributed by atoms with van der Waals surface area (Å²) < 4.78 is 31.7. The Labute approximate surface area is 82.7 Å². The molecule has 8 heteroatoms. The first-order chi connectivity index (χ1) is 6.66. The Bertz CT molecular complexity index is 253. The zero-order valence-electron chi connectivity index (χ0n) is 7.49. The van der Waals surface area contributed by atoms with E-state index in [-0.39, 0.29) is 12.0 Å². The Morgan fingerprint density at radius 3 is 1.60 bits per heavy atom. The van der Waals surface area contributed by atoms with Crippen LogP contribution >= 0.6 is 0 Å². The fourth-order valence-electron chi connectivity index (χ4n) is 0.832. The summed E-state index contributed by atoms with van der Waals surface area (Å²) in [6, 6.07) is -0.0764. The Morgan fingerprint density at radius 2 is 1.60 bits per heavy atom. The van der Waals surface area contributed by atoms with Crippen LogP contribution in [0.25, 0.3) is 0 Å². The van der Waals surface area contributed by atoms with Crippen molar-refractivity contribution in [2.45, 2.75) is 25.1 Å². The third-order valence-corrected chi connectivity index (χ3v) is 1.89. The molecule has 1 fully saturated rings. The van der Waals surface area contributed by atoms with Gasteiger partial charge in [0.2, 0.25) is 0 Å². The minimum atomic E-state index is -5.08. The third kappa shape index (κ3) is 4.63. The molecule has 5 nitrogen and oxygen atoms in total. The topological polar surface area (TPSA) is 101 Å². The minimum Gasteiger partial charge on any atom is -0.481 e. The predicted molar refractivity (Wildman–Crippen MR) is 42.0 cm³/mol. The van der Waals surface area contributed by atoms with Crippen LogP contribution in [-0.4, -0.2) is 34.4 Å². The number of hydrogen-bond donors (Lipinski definition) is 3. The lowest BCUT2D eigenvalue weighted by molar-refractivity contribution is -0.192. The lowest BCUT2D eigenvalue weighted by atomic mass is 9.80. The van der Waals surface area contributed by atoms with Gasteiger partial charge >= 0.3 is 18.1 Å².